The first-order chi connectivity index (χ1) is 13.4. The summed E-state index contributed by atoms with van der Waals surface area (Å²) in [5, 5.41) is 22.9. The van der Waals surface area contributed by atoms with Crippen LogP contribution in [0.2, 0.25) is 0 Å². The predicted octanol–water partition coefficient (Wildman–Crippen LogP) is 2.99. The molecule has 144 valence electrons. The molecule has 1 aliphatic rings. The van der Waals surface area contributed by atoms with Crippen LogP contribution in [0.4, 0.5) is 4.39 Å². The van der Waals surface area contributed by atoms with Crippen molar-refractivity contribution in [2.24, 2.45) is 0 Å². The van der Waals surface area contributed by atoms with Crippen molar-refractivity contribution in [3.63, 3.8) is 0 Å². The number of nitrogens with one attached hydrogen (secondary N) is 1. The summed E-state index contributed by atoms with van der Waals surface area (Å²) in [6, 6.07) is 8.67. The molecule has 1 unspecified atom stereocenters. The number of halogens is 1. The quantitative estimate of drug-likeness (QED) is 0.649. The van der Waals surface area contributed by atoms with Gasteiger partial charge in [0.15, 0.2) is 0 Å². The highest BCUT2D eigenvalue weighted by molar-refractivity contribution is 6.03. The van der Waals surface area contributed by atoms with Crippen molar-refractivity contribution in [3.8, 4) is 11.5 Å². The molecular weight excluding hydrogens is 363 g/mol. The van der Waals surface area contributed by atoms with Crippen molar-refractivity contribution in [2.75, 3.05) is 0 Å². The molecule has 1 amide bonds. The number of carbonyl (C=O) groups excluding carboxylic acids is 1. The molecule has 2 heterocycles. The molecule has 28 heavy (non-hydrogen) atoms. The molecule has 0 saturated heterocycles. The molecule has 2 aromatic carbocycles. The van der Waals surface area contributed by atoms with Gasteiger partial charge in [-0.1, -0.05) is 12.1 Å². The van der Waals surface area contributed by atoms with Crippen molar-refractivity contribution in [3.05, 3.63) is 69.3 Å². The van der Waals surface area contributed by atoms with E-state index in [1.165, 1.54) is 22.8 Å². The fourth-order valence-electron chi connectivity index (χ4n) is 3.83. The molecule has 0 fully saturated rings. The first-order valence-corrected chi connectivity index (χ1v) is 9.02. The van der Waals surface area contributed by atoms with Gasteiger partial charge in [0.2, 0.25) is 0 Å². The Balaban J connectivity index is 1.81. The molecule has 0 spiro atoms. The van der Waals surface area contributed by atoms with Gasteiger partial charge in [-0.15, -0.1) is 0 Å². The van der Waals surface area contributed by atoms with Gasteiger partial charge in [0.25, 0.3) is 11.5 Å². The number of pyridine rings is 1. The number of aromatic nitrogens is 1. The van der Waals surface area contributed by atoms with Crippen molar-refractivity contribution in [1.29, 1.82) is 0 Å². The van der Waals surface area contributed by atoms with Crippen LogP contribution < -0.4 is 10.9 Å². The number of aromatic hydroxyl groups is 2. The minimum atomic E-state index is -0.750. The van der Waals surface area contributed by atoms with E-state index in [1.54, 1.807) is 12.1 Å². The number of benzene rings is 2. The lowest BCUT2D eigenvalue weighted by Crippen LogP contribution is -2.35. The van der Waals surface area contributed by atoms with Gasteiger partial charge in [0.05, 0.1) is 5.52 Å². The minimum Gasteiger partial charge on any atom is -0.508 e. The fourth-order valence-corrected chi connectivity index (χ4v) is 3.83. The summed E-state index contributed by atoms with van der Waals surface area (Å²) in [6.45, 7) is 1.92. The summed E-state index contributed by atoms with van der Waals surface area (Å²) in [6.07, 6.45) is 1.23. The van der Waals surface area contributed by atoms with Crippen molar-refractivity contribution < 1.29 is 19.4 Å². The minimum absolute atomic E-state index is 0.0571. The van der Waals surface area contributed by atoms with E-state index in [1.807, 2.05) is 6.92 Å². The van der Waals surface area contributed by atoms with Crippen LogP contribution in [0.1, 0.15) is 40.9 Å². The lowest BCUT2D eigenvalue weighted by atomic mass is 9.95. The van der Waals surface area contributed by atoms with E-state index in [0.29, 0.717) is 29.5 Å². The topological polar surface area (TPSA) is 91.6 Å². The average Bonchev–Trinajstić information content (AvgIpc) is 2.65. The Morgan fingerprint density at radius 1 is 1.29 bits per heavy atom. The monoisotopic (exact) mass is 382 g/mol. The number of aryl methyl sites for hydroxylation is 1. The molecule has 1 aliphatic heterocycles. The van der Waals surface area contributed by atoms with Crippen molar-refractivity contribution in [1.82, 2.24) is 9.88 Å². The van der Waals surface area contributed by atoms with Gasteiger partial charge in [-0.2, -0.15) is 0 Å². The van der Waals surface area contributed by atoms with E-state index < -0.39 is 28.6 Å². The largest absolute Gasteiger partial charge is 0.508 e. The third-order valence-electron chi connectivity index (χ3n) is 5.18. The Morgan fingerprint density at radius 2 is 2.07 bits per heavy atom. The molecule has 1 atom stereocenters. The van der Waals surface area contributed by atoms with Crippen LogP contribution in [0.25, 0.3) is 10.9 Å². The number of phenolic OH excluding ortho intramolecular Hbond substituents is 1. The van der Waals surface area contributed by atoms with Crippen LogP contribution in [-0.4, -0.2) is 20.7 Å². The molecule has 7 heteroatoms. The summed E-state index contributed by atoms with van der Waals surface area (Å²) in [5.74, 6) is -1.73. The van der Waals surface area contributed by atoms with Crippen LogP contribution in [-0.2, 0) is 13.0 Å². The van der Waals surface area contributed by atoms with Crippen LogP contribution in [0.15, 0.2) is 41.2 Å². The van der Waals surface area contributed by atoms with E-state index in [0.717, 1.165) is 6.07 Å². The molecule has 0 bridgehead atoms. The number of amides is 1. The maximum Gasteiger partial charge on any atom is 0.267 e. The molecular formula is C21H19FN2O4. The van der Waals surface area contributed by atoms with E-state index in [9.17, 15) is 24.2 Å². The van der Waals surface area contributed by atoms with Gasteiger partial charge in [-0.3, -0.25) is 9.59 Å². The second-order valence-electron chi connectivity index (χ2n) is 7.10. The Hall–Kier alpha value is -3.35. The number of phenols is 1. The van der Waals surface area contributed by atoms with E-state index >= 15 is 0 Å². The second kappa shape index (κ2) is 6.67. The zero-order valence-electron chi connectivity index (χ0n) is 15.2. The molecule has 1 aromatic heterocycles. The molecule has 0 aliphatic carbocycles. The molecule has 4 rings (SSSR count). The maximum atomic E-state index is 14.0. The van der Waals surface area contributed by atoms with Crippen LogP contribution in [0, 0.1) is 5.82 Å². The third-order valence-corrected chi connectivity index (χ3v) is 5.18. The number of hydrogen-bond acceptors (Lipinski definition) is 4. The first-order valence-electron chi connectivity index (χ1n) is 9.02. The number of nitrogens with zero attached hydrogens (tertiary/aromatic N) is 1. The maximum absolute atomic E-state index is 14.0. The highest BCUT2D eigenvalue weighted by Gasteiger charge is 2.28. The van der Waals surface area contributed by atoms with Crippen LogP contribution >= 0.6 is 0 Å². The zero-order chi connectivity index (χ0) is 20.0. The Morgan fingerprint density at radius 3 is 2.82 bits per heavy atom. The average molecular weight is 382 g/mol. The van der Waals surface area contributed by atoms with E-state index in [-0.39, 0.29) is 23.7 Å². The van der Waals surface area contributed by atoms with Crippen molar-refractivity contribution in [2.45, 2.75) is 32.4 Å². The lowest BCUT2D eigenvalue weighted by molar-refractivity contribution is 0.0946. The Labute approximate surface area is 159 Å². The fraction of sp³-hybridized carbons (Fsp3) is 0.238. The molecule has 0 radical (unpaired) electrons. The summed E-state index contributed by atoms with van der Waals surface area (Å²) in [4.78, 5) is 25.7. The first kappa shape index (κ1) is 18.0. The molecule has 3 aromatic rings. The third kappa shape index (κ3) is 2.89. The zero-order valence-corrected chi connectivity index (χ0v) is 15.2. The summed E-state index contributed by atoms with van der Waals surface area (Å²) in [7, 11) is 0. The Bertz CT molecular complexity index is 1170. The highest BCUT2D eigenvalue weighted by atomic mass is 19.1. The SMILES string of the molecule is CC1CCc2cc(F)cc3c(O)c(C(=O)NCc4cccc(O)c4)c(=O)n1c23. The lowest BCUT2D eigenvalue weighted by Gasteiger charge is -2.26. The molecule has 0 saturated carbocycles. The van der Waals surface area contributed by atoms with Crippen LogP contribution in [0.5, 0.6) is 11.5 Å². The number of rotatable bonds is 3. The van der Waals surface area contributed by atoms with Gasteiger partial charge in [0.1, 0.15) is 22.9 Å². The summed E-state index contributed by atoms with van der Waals surface area (Å²) < 4.78 is 15.5. The van der Waals surface area contributed by atoms with E-state index in [2.05, 4.69) is 5.32 Å². The van der Waals surface area contributed by atoms with Gasteiger partial charge in [-0.05, 0) is 55.2 Å². The molecule has 6 nitrogen and oxygen atoms in total. The normalized spacial score (nSPS) is 15.6. The van der Waals surface area contributed by atoms with Gasteiger partial charge in [-0.25, -0.2) is 4.39 Å². The standard InChI is InChI=1S/C21H19FN2O4/c1-11-5-6-13-8-14(22)9-16-18(13)24(11)21(28)17(19(16)26)20(27)23-10-12-3-2-4-15(25)7-12/h2-4,7-9,11,25-26H,5-6,10H2,1H3,(H,23,27). The van der Waals surface area contributed by atoms with Gasteiger partial charge < -0.3 is 20.1 Å². The number of carbonyl (C=O) groups is 1. The van der Waals surface area contributed by atoms with E-state index in [4.69, 9.17) is 0 Å². The predicted molar refractivity (Wildman–Crippen MR) is 102 cm³/mol. The summed E-state index contributed by atoms with van der Waals surface area (Å²) >= 11 is 0. The van der Waals surface area contributed by atoms with Crippen molar-refractivity contribution >= 4 is 16.8 Å². The summed E-state index contributed by atoms with van der Waals surface area (Å²) in [5.41, 5.74) is 0.757. The molecule has 3 N–H and O–H groups in total. The highest BCUT2D eigenvalue weighted by Crippen LogP contribution is 2.35. The van der Waals surface area contributed by atoms with Gasteiger partial charge >= 0.3 is 0 Å². The number of hydrogen-bond donors (Lipinski definition) is 3. The Kier molecular flexibility index (Phi) is 4.30. The van der Waals surface area contributed by atoms with Gasteiger partial charge in [0, 0.05) is 18.0 Å². The smallest absolute Gasteiger partial charge is 0.267 e. The van der Waals surface area contributed by atoms with Crippen LogP contribution in [0.3, 0.4) is 0 Å². The second-order valence-corrected chi connectivity index (χ2v) is 7.10.